The maximum atomic E-state index is 11.4. The van der Waals surface area contributed by atoms with Gasteiger partial charge in [-0.05, 0) is 13.0 Å². The van der Waals surface area contributed by atoms with Gasteiger partial charge < -0.3 is 15.2 Å². The van der Waals surface area contributed by atoms with Crippen molar-refractivity contribution in [2.75, 3.05) is 12.4 Å². The standard InChI is InChI=1S/C11H15N5O/c1-7(11(17)12-2)15-10-9-8(4-5-13-10)16(3)6-14-9/h4-7H,1-3H3,(H,12,17)(H,13,15). The van der Waals surface area contributed by atoms with Gasteiger partial charge in [0.15, 0.2) is 5.82 Å². The minimum absolute atomic E-state index is 0.0836. The lowest BCUT2D eigenvalue weighted by Gasteiger charge is -2.12. The Hall–Kier alpha value is -2.11. The van der Waals surface area contributed by atoms with Crippen LogP contribution in [0.5, 0.6) is 0 Å². The second-order valence-electron chi connectivity index (χ2n) is 3.86. The number of hydrogen-bond donors (Lipinski definition) is 2. The summed E-state index contributed by atoms with van der Waals surface area (Å²) in [7, 11) is 3.52. The van der Waals surface area contributed by atoms with E-state index < -0.39 is 0 Å². The van der Waals surface area contributed by atoms with E-state index in [0.29, 0.717) is 5.82 Å². The lowest BCUT2D eigenvalue weighted by Crippen LogP contribution is -2.35. The Balaban J connectivity index is 2.33. The third-order valence-electron chi connectivity index (χ3n) is 2.64. The lowest BCUT2D eigenvalue weighted by atomic mass is 10.3. The van der Waals surface area contributed by atoms with Crippen LogP contribution in [0, 0.1) is 0 Å². The van der Waals surface area contributed by atoms with Crippen molar-refractivity contribution in [3.8, 4) is 0 Å². The first kappa shape index (κ1) is 11.4. The molecule has 0 fully saturated rings. The number of imidazole rings is 1. The third-order valence-corrected chi connectivity index (χ3v) is 2.64. The molecule has 2 aromatic heterocycles. The average Bonchev–Trinajstić information content (AvgIpc) is 2.71. The van der Waals surface area contributed by atoms with Crippen LogP contribution in [0.4, 0.5) is 5.82 Å². The molecule has 0 spiro atoms. The van der Waals surface area contributed by atoms with Crippen LogP contribution in [0.1, 0.15) is 6.92 Å². The van der Waals surface area contributed by atoms with Gasteiger partial charge in [0, 0.05) is 20.3 Å². The number of fused-ring (bicyclic) bond motifs is 1. The molecule has 6 nitrogen and oxygen atoms in total. The molecule has 1 amide bonds. The topological polar surface area (TPSA) is 71.8 Å². The smallest absolute Gasteiger partial charge is 0.241 e. The van der Waals surface area contributed by atoms with Crippen molar-refractivity contribution >= 4 is 22.8 Å². The highest BCUT2D eigenvalue weighted by Gasteiger charge is 2.14. The summed E-state index contributed by atoms with van der Waals surface area (Å²) < 4.78 is 1.91. The highest BCUT2D eigenvalue weighted by Crippen LogP contribution is 2.18. The number of pyridine rings is 1. The molecule has 0 saturated heterocycles. The highest BCUT2D eigenvalue weighted by atomic mass is 16.2. The first-order valence-corrected chi connectivity index (χ1v) is 5.37. The molecule has 0 radical (unpaired) electrons. The molecule has 2 N–H and O–H groups in total. The van der Waals surface area contributed by atoms with Gasteiger partial charge in [0.25, 0.3) is 0 Å². The van der Waals surface area contributed by atoms with E-state index in [-0.39, 0.29) is 11.9 Å². The first-order chi connectivity index (χ1) is 8.13. The summed E-state index contributed by atoms with van der Waals surface area (Å²) in [5.41, 5.74) is 1.75. The summed E-state index contributed by atoms with van der Waals surface area (Å²) in [5, 5.41) is 5.63. The van der Waals surface area contributed by atoms with Gasteiger partial charge >= 0.3 is 0 Å². The van der Waals surface area contributed by atoms with Crippen LogP contribution >= 0.6 is 0 Å². The van der Waals surface area contributed by atoms with E-state index in [2.05, 4.69) is 20.6 Å². The van der Waals surface area contributed by atoms with Crippen molar-refractivity contribution < 1.29 is 4.79 Å². The Morgan fingerprint density at radius 2 is 2.24 bits per heavy atom. The minimum Gasteiger partial charge on any atom is -0.357 e. The van der Waals surface area contributed by atoms with Gasteiger partial charge in [-0.25, -0.2) is 9.97 Å². The van der Waals surface area contributed by atoms with Crippen LogP contribution in [0.2, 0.25) is 0 Å². The third kappa shape index (κ3) is 2.06. The summed E-state index contributed by atoms with van der Waals surface area (Å²) in [5.74, 6) is 0.541. The zero-order chi connectivity index (χ0) is 12.4. The van der Waals surface area contributed by atoms with Crippen molar-refractivity contribution in [1.82, 2.24) is 19.9 Å². The Labute approximate surface area is 99.1 Å². The maximum Gasteiger partial charge on any atom is 0.241 e. The van der Waals surface area contributed by atoms with Crippen molar-refractivity contribution in [2.24, 2.45) is 7.05 Å². The number of rotatable bonds is 3. The van der Waals surface area contributed by atoms with Crippen LogP contribution in [0.3, 0.4) is 0 Å². The fourth-order valence-electron chi connectivity index (χ4n) is 1.65. The Morgan fingerprint density at radius 3 is 2.94 bits per heavy atom. The van der Waals surface area contributed by atoms with Crippen LogP contribution in [-0.2, 0) is 11.8 Å². The average molecular weight is 233 g/mol. The van der Waals surface area contributed by atoms with Gasteiger partial charge in [-0.3, -0.25) is 4.79 Å². The molecule has 90 valence electrons. The molecule has 0 bridgehead atoms. The molecule has 2 rings (SSSR count). The Kier molecular flexibility index (Phi) is 2.95. The molecule has 6 heteroatoms. The number of anilines is 1. The van der Waals surface area contributed by atoms with E-state index >= 15 is 0 Å². The first-order valence-electron chi connectivity index (χ1n) is 5.37. The molecule has 0 aromatic carbocycles. The number of likely N-dealkylation sites (N-methyl/N-ethyl adjacent to an activating group) is 1. The SMILES string of the molecule is CNC(=O)C(C)Nc1nccc2c1ncn2C. The van der Waals surface area contributed by atoms with Gasteiger partial charge in [0.2, 0.25) is 5.91 Å². The maximum absolute atomic E-state index is 11.4. The molecular weight excluding hydrogens is 218 g/mol. The van der Waals surface area contributed by atoms with Gasteiger partial charge in [0.05, 0.1) is 11.8 Å². The second kappa shape index (κ2) is 4.40. The largest absolute Gasteiger partial charge is 0.357 e. The molecule has 0 saturated carbocycles. The summed E-state index contributed by atoms with van der Waals surface area (Å²) in [6, 6.07) is 1.54. The van der Waals surface area contributed by atoms with Crippen LogP contribution < -0.4 is 10.6 Å². The van der Waals surface area contributed by atoms with E-state index in [0.717, 1.165) is 11.0 Å². The molecule has 0 aliphatic rings. The van der Waals surface area contributed by atoms with E-state index in [4.69, 9.17) is 0 Å². The Morgan fingerprint density at radius 1 is 1.47 bits per heavy atom. The molecule has 2 heterocycles. The van der Waals surface area contributed by atoms with E-state index in [1.807, 2.05) is 17.7 Å². The number of nitrogens with zero attached hydrogens (tertiary/aromatic N) is 3. The molecule has 0 aliphatic heterocycles. The number of nitrogens with one attached hydrogen (secondary N) is 2. The van der Waals surface area contributed by atoms with Gasteiger partial charge in [0.1, 0.15) is 11.6 Å². The van der Waals surface area contributed by atoms with Gasteiger partial charge in [-0.2, -0.15) is 0 Å². The van der Waals surface area contributed by atoms with Crippen LogP contribution in [-0.4, -0.2) is 33.5 Å². The number of carbonyl (C=O) groups is 1. The van der Waals surface area contributed by atoms with Crippen molar-refractivity contribution in [2.45, 2.75) is 13.0 Å². The lowest BCUT2D eigenvalue weighted by molar-refractivity contribution is -0.121. The van der Waals surface area contributed by atoms with Crippen molar-refractivity contribution in [3.63, 3.8) is 0 Å². The van der Waals surface area contributed by atoms with Gasteiger partial charge in [-0.15, -0.1) is 0 Å². The molecule has 17 heavy (non-hydrogen) atoms. The van der Waals surface area contributed by atoms with E-state index in [9.17, 15) is 4.79 Å². The second-order valence-corrected chi connectivity index (χ2v) is 3.86. The number of carbonyl (C=O) groups excluding carboxylic acids is 1. The summed E-state index contributed by atoms with van der Waals surface area (Å²) >= 11 is 0. The van der Waals surface area contributed by atoms with E-state index in [1.54, 1.807) is 26.5 Å². The zero-order valence-corrected chi connectivity index (χ0v) is 10.1. The fraction of sp³-hybridized carbons (Fsp3) is 0.364. The van der Waals surface area contributed by atoms with Gasteiger partial charge in [-0.1, -0.05) is 0 Å². The summed E-state index contributed by atoms with van der Waals surface area (Å²) in [4.78, 5) is 19.9. The quantitative estimate of drug-likeness (QED) is 0.810. The number of hydrogen-bond acceptors (Lipinski definition) is 4. The molecule has 1 unspecified atom stereocenters. The predicted molar refractivity (Wildman–Crippen MR) is 65.7 cm³/mol. The fourth-order valence-corrected chi connectivity index (χ4v) is 1.65. The number of amides is 1. The van der Waals surface area contributed by atoms with Crippen LogP contribution in [0.15, 0.2) is 18.6 Å². The summed E-state index contributed by atoms with van der Waals surface area (Å²) in [6.07, 6.45) is 3.42. The zero-order valence-electron chi connectivity index (χ0n) is 10.1. The number of aryl methyl sites for hydroxylation is 1. The number of aromatic nitrogens is 3. The minimum atomic E-state index is -0.347. The Bertz CT molecular complexity index is 548. The molecule has 1 atom stereocenters. The molecule has 2 aromatic rings. The predicted octanol–water partition coefficient (Wildman–Crippen LogP) is 0.515. The normalized spacial score (nSPS) is 12.4. The molecule has 0 aliphatic carbocycles. The summed E-state index contributed by atoms with van der Waals surface area (Å²) in [6.45, 7) is 1.78. The van der Waals surface area contributed by atoms with Crippen molar-refractivity contribution in [1.29, 1.82) is 0 Å². The highest BCUT2D eigenvalue weighted by molar-refractivity contribution is 5.89. The monoisotopic (exact) mass is 233 g/mol. The molecular formula is C11H15N5O. The van der Waals surface area contributed by atoms with E-state index in [1.165, 1.54) is 0 Å². The van der Waals surface area contributed by atoms with Crippen molar-refractivity contribution in [3.05, 3.63) is 18.6 Å². The van der Waals surface area contributed by atoms with Crippen LogP contribution in [0.25, 0.3) is 11.0 Å².